The van der Waals surface area contributed by atoms with Crippen LogP contribution in [0.5, 0.6) is 5.75 Å². The van der Waals surface area contributed by atoms with E-state index in [1.54, 1.807) is 57.4 Å². The van der Waals surface area contributed by atoms with Crippen molar-refractivity contribution in [1.82, 2.24) is 4.90 Å². The molecule has 0 atom stereocenters. The first kappa shape index (κ1) is 21.2. The molecule has 1 N–H and O–H groups in total. The molecule has 1 aliphatic rings. The second-order valence-electron chi connectivity index (χ2n) is 7.44. The lowest BCUT2D eigenvalue weighted by Crippen LogP contribution is -2.32. The smallest absolute Gasteiger partial charge is 0.262 e. The largest absolute Gasteiger partial charge is 0.496 e. The Bertz CT molecular complexity index is 994. The SMILES string of the molecule is COc1cc(C)c(S(=O)(=O)Nc2ccccc2C(=O)N2CCCCCC2)cc1C. The van der Waals surface area contributed by atoms with Crippen molar-refractivity contribution in [3.63, 3.8) is 0 Å². The number of carbonyl (C=O) groups excluding carboxylic acids is 1. The third-order valence-corrected chi connectivity index (χ3v) is 6.78. The predicted molar refractivity (Wildman–Crippen MR) is 114 cm³/mol. The lowest BCUT2D eigenvalue weighted by molar-refractivity contribution is 0.0762. The van der Waals surface area contributed by atoms with Gasteiger partial charge in [-0.3, -0.25) is 9.52 Å². The van der Waals surface area contributed by atoms with Gasteiger partial charge in [0.1, 0.15) is 5.75 Å². The van der Waals surface area contributed by atoms with Gasteiger partial charge in [-0.2, -0.15) is 0 Å². The van der Waals surface area contributed by atoms with Gasteiger partial charge in [0.2, 0.25) is 0 Å². The van der Waals surface area contributed by atoms with E-state index in [9.17, 15) is 13.2 Å². The number of amides is 1. The first-order valence-corrected chi connectivity index (χ1v) is 11.4. The Balaban J connectivity index is 1.92. The monoisotopic (exact) mass is 416 g/mol. The van der Waals surface area contributed by atoms with Gasteiger partial charge in [-0.1, -0.05) is 25.0 Å². The van der Waals surface area contributed by atoms with Crippen LogP contribution in [0.4, 0.5) is 5.69 Å². The third kappa shape index (κ3) is 4.72. The van der Waals surface area contributed by atoms with Crippen LogP contribution >= 0.6 is 0 Å². The summed E-state index contributed by atoms with van der Waals surface area (Å²) in [5.74, 6) is 0.506. The molecule has 156 valence electrons. The van der Waals surface area contributed by atoms with Gasteiger partial charge < -0.3 is 9.64 Å². The Morgan fingerprint density at radius 3 is 2.31 bits per heavy atom. The number of benzene rings is 2. The molecule has 29 heavy (non-hydrogen) atoms. The number of carbonyl (C=O) groups is 1. The summed E-state index contributed by atoms with van der Waals surface area (Å²) in [5, 5.41) is 0. The standard InChI is InChI=1S/C22H28N2O4S/c1-16-15-21(17(2)14-20(16)28-3)29(26,27)23-19-11-7-6-10-18(19)22(25)24-12-8-4-5-9-13-24/h6-7,10-11,14-15,23H,4-5,8-9,12-13H2,1-3H3. The molecule has 0 spiro atoms. The van der Waals surface area contributed by atoms with Gasteiger partial charge in [0.05, 0.1) is 23.3 Å². The molecule has 0 aromatic heterocycles. The average Bonchev–Trinajstić information content (AvgIpc) is 2.98. The quantitative estimate of drug-likeness (QED) is 0.795. The maximum Gasteiger partial charge on any atom is 0.262 e. The number of hydrogen-bond donors (Lipinski definition) is 1. The topological polar surface area (TPSA) is 75.7 Å². The van der Waals surface area contributed by atoms with Crippen LogP contribution in [0.15, 0.2) is 41.3 Å². The normalized spacial score (nSPS) is 14.9. The van der Waals surface area contributed by atoms with Gasteiger partial charge in [-0.15, -0.1) is 0 Å². The molecule has 6 nitrogen and oxygen atoms in total. The summed E-state index contributed by atoms with van der Waals surface area (Å²) in [6, 6.07) is 10.1. The lowest BCUT2D eigenvalue weighted by atomic mass is 10.1. The van der Waals surface area contributed by atoms with Gasteiger partial charge in [0.15, 0.2) is 0 Å². The van der Waals surface area contributed by atoms with Crippen molar-refractivity contribution in [1.29, 1.82) is 0 Å². The van der Waals surface area contributed by atoms with Gasteiger partial charge >= 0.3 is 0 Å². The van der Waals surface area contributed by atoms with Crippen LogP contribution < -0.4 is 9.46 Å². The summed E-state index contributed by atoms with van der Waals surface area (Å²) >= 11 is 0. The van der Waals surface area contributed by atoms with E-state index in [4.69, 9.17) is 4.74 Å². The fraction of sp³-hybridized carbons (Fsp3) is 0.409. The van der Waals surface area contributed by atoms with E-state index < -0.39 is 10.0 Å². The van der Waals surface area contributed by atoms with E-state index in [2.05, 4.69) is 4.72 Å². The minimum atomic E-state index is -3.86. The van der Waals surface area contributed by atoms with Crippen LogP contribution in [0.1, 0.15) is 47.2 Å². The number of nitrogens with one attached hydrogen (secondary N) is 1. The molecule has 3 rings (SSSR count). The van der Waals surface area contributed by atoms with Crippen LogP contribution in [0, 0.1) is 13.8 Å². The highest BCUT2D eigenvalue weighted by molar-refractivity contribution is 7.92. The molecule has 2 aromatic carbocycles. The average molecular weight is 417 g/mol. The molecule has 1 saturated heterocycles. The van der Waals surface area contributed by atoms with Gasteiger partial charge in [-0.05, 0) is 62.1 Å². The Labute approximate surface area is 172 Å². The highest BCUT2D eigenvalue weighted by Gasteiger charge is 2.24. The van der Waals surface area contributed by atoms with Crippen LogP contribution in [-0.4, -0.2) is 39.4 Å². The first-order chi connectivity index (χ1) is 13.8. The Hall–Kier alpha value is -2.54. The Morgan fingerprint density at radius 2 is 1.66 bits per heavy atom. The fourth-order valence-corrected chi connectivity index (χ4v) is 5.07. The fourth-order valence-electron chi connectivity index (χ4n) is 3.68. The zero-order valence-electron chi connectivity index (χ0n) is 17.2. The Morgan fingerprint density at radius 1 is 1.00 bits per heavy atom. The molecular formula is C22H28N2O4S. The van der Waals surface area contributed by atoms with E-state index in [-0.39, 0.29) is 10.8 Å². The van der Waals surface area contributed by atoms with Crippen LogP contribution in [0.25, 0.3) is 0 Å². The molecule has 1 heterocycles. The van der Waals surface area contributed by atoms with E-state index in [0.717, 1.165) is 31.2 Å². The molecule has 2 aromatic rings. The molecule has 1 fully saturated rings. The number of anilines is 1. The van der Waals surface area contributed by atoms with Crippen molar-refractivity contribution >= 4 is 21.6 Å². The third-order valence-electron chi connectivity index (χ3n) is 5.28. The van der Waals surface area contributed by atoms with E-state index in [1.807, 2.05) is 4.90 Å². The summed E-state index contributed by atoms with van der Waals surface area (Å²) in [7, 11) is -2.31. The van der Waals surface area contributed by atoms with Crippen molar-refractivity contribution in [3.8, 4) is 5.75 Å². The van der Waals surface area contributed by atoms with Gasteiger partial charge in [-0.25, -0.2) is 8.42 Å². The minimum Gasteiger partial charge on any atom is -0.496 e. The minimum absolute atomic E-state index is 0.132. The van der Waals surface area contributed by atoms with Gasteiger partial charge in [0, 0.05) is 13.1 Å². The summed E-state index contributed by atoms with van der Waals surface area (Å²) in [6.07, 6.45) is 4.19. The van der Waals surface area contributed by atoms with E-state index in [0.29, 0.717) is 35.7 Å². The van der Waals surface area contributed by atoms with Crippen LogP contribution in [0.2, 0.25) is 0 Å². The second-order valence-corrected chi connectivity index (χ2v) is 9.10. The van der Waals surface area contributed by atoms with Crippen LogP contribution in [-0.2, 0) is 10.0 Å². The zero-order valence-corrected chi connectivity index (χ0v) is 18.0. The molecule has 0 unspecified atom stereocenters. The summed E-state index contributed by atoms with van der Waals surface area (Å²) in [4.78, 5) is 15.1. The van der Waals surface area contributed by atoms with E-state index >= 15 is 0 Å². The molecule has 0 aliphatic carbocycles. The number of ether oxygens (including phenoxy) is 1. The number of methoxy groups -OCH3 is 1. The Kier molecular flexibility index (Phi) is 6.47. The molecule has 0 bridgehead atoms. The second kappa shape index (κ2) is 8.86. The summed E-state index contributed by atoms with van der Waals surface area (Å²) < 4.78 is 34.1. The number of aryl methyl sites for hydroxylation is 2. The molecule has 7 heteroatoms. The predicted octanol–water partition coefficient (Wildman–Crippen LogP) is 4.13. The molecule has 0 radical (unpaired) electrons. The number of likely N-dealkylation sites (tertiary alicyclic amines) is 1. The first-order valence-electron chi connectivity index (χ1n) is 9.90. The highest BCUT2D eigenvalue weighted by atomic mass is 32.2. The molecule has 1 aliphatic heterocycles. The van der Waals surface area contributed by atoms with Crippen molar-refractivity contribution < 1.29 is 17.9 Å². The summed E-state index contributed by atoms with van der Waals surface area (Å²) in [6.45, 7) is 4.94. The zero-order chi connectivity index (χ0) is 21.0. The van der Waals surface area contributed by atoms with Crippen LogP contribution in [0.3, 0.4) is 0 Å². The number of hydrogen-bond acceptors (Lipinski definition) is 4. The lowest BCUT2D eigenvalue weighted by Gasteiger charge is -2.22. The van der Waals surface area contributed by atoms with Crippen molar-refractivity contribution in [3.05, 3.63) is 53.1 Å². The number of rotatable bonds is 5. The van der Waals surface area contributed by atoms with E-state index in [1.165, 1.54) is 0 Å². The van der Waals surface area contributed by atoms with Crippen molar-refractivity contribution in [2.24, 2.45) is 0 Å². The number of para-hydroxylation sites is 1. The molecular weight excluding hydrogens is 388 g/mol. The summed E-state index contributed by atoms with van der Waals surface area (Å²) in [5.41, 5.74) is 1.99. The van der Waals surface area contributed by atoms with Gasteiger partial charge in [0.25, 0.3) is 15.9 Å². The van der Waals surface area contributed by atoms with Crippen molar-refractivity contribution in [2.75, 3.05) is 24.9 Å². The molecule has 0 saturated carbocycles. The maximum absolute atomic E-state index is 13.1. The number of nitrogens with zero attached hydrogens (tertiary/aromatic N) is 1. The number of sulfonamides is 1. The molecule has 1 amide bonds. The van der Waals surface area contributed by atoms with Crippen molar-refractivity contribution in [2.45, 2.75) is 44.4 Å². The highest BCUT2D eigenvalue weighted by Crippen LogP contribution is 2.28. The maximum atomic E-state index is 13.1.